The number of hydrogen-bond donors (Lipinski definition) is 2. The highest BCUT2D eigenvalue weighted by molar-refractivity contribution is 5.74. The van der Waals surface area contributed by atoms with Crippen LogP contribution in [0.25, 0.3) is 0 Å². The largest absolute Gasteiger partial charge is 0.334 e. The van der Waals surface area contributed by atoms with Gasteiger partial charge in [-0.3, -0.25) is 0 Å². The van der Waals surface area contributed by atoms with Crippen LogP contribution in [-0.4, -0.2) is 43.7 Å². The lowest BCUT2D eigenvalue weighted by Gasteiger charge is -2.29. The number of carbonyl (C=O) groups is 1. The molecule has 1 fully saturated rings. The van der Waals surface area contributed by atoms with Crippen molar-refractivity contribution in [1.82, 2.24) is 15.5 Å². The van der Waals surface area contributed by atoms with Gasteiger partial charge in [-0.05, 0) is 25.8 Å². The van der Waals surface area contributed by atoms with Gasteiger partial charge >= 0.3 is 6.03 Å². The number of carbonyl (C=O) groups excluding carboxylic acids is 1. The average molecular weight is 199 g/mol. The summed E-state index contributed by atoms with van der Waals surface area (Å²) in [6, 6.07) is 0.327. The molecule has 1 saturated heterocycles. The van der Waals surface area contributed by atoms with Crippen LogP contribution in [0.4, 0.5) is 4.79 Å². The van der Waals surface area contributed by atoms with Gasteiger partial charge in [0.25, 0.3) is 0 Å². The molecule has 1 aliphatic heterocycles. The summed E-state index contributed by atoms with van der Waals surface area (Å²) in [4.78, 5) is 13.2. The van der Waals surface area contributed by atoms with E-state index in [1.54, 1.807) is 4.90 Å². The van der Waals surface area contributed by atoms with Crippen molar-refractivity contribution in [3.8, 4) is 0 Å². The molecule has 1 rings (SSSR count). The van der Waals surface area contributed by atoms with Crippen molar-refractivity contribution >= 4 is 6.03 Å². The highest BCUT2D eigenvalue weighted by atomic mass is 16.2. The number of nitrogens with one attached hydrogen (secondary N) is 2. The SMILES string of the molecule is CCN(C)C(=O)NC1CNCC(C)C1. The number of nitrogens with zero attached hydrogens (tertiary/aromatic N) is 1. The summed E-state index contributed by atoms with van der Waals surface area (Å²) >= 11 is 0. The van der Waals surface area contributed by atoms with Gasteiger partial charge in [0.2, 0.25) is 0 Å². The van der Waals surface area contributed by atoms with E-state index in [4.69, 9.17) is 0 Å². The third-order valence-electron chi connectivity index (χ3n) is 2.72. The van der Waals surface area contributed by atoms with Gasteiger partial charge < -0.3 is 15.5 Å². The molecule has 2 amide bonds. The third-order valence-corrected chi connectivity index (χ3v) is 2.72. The average Bonchev–Trinajstić information content (AvgIpc) is 2.16. The second-order valence-electron chi connectivity index (χ2n) is 4.16. The molecule has 4 heteroatoms. The van der Waals surface area contributed by atoms with Crippen molar-refractivity contribution in [1.29, 1.82) is 0 Å². The van der Waals surface area contributed by atoms with Crippen molar-refractivity contribution in [3.05, 3.63) is 0 Å². The zero-order chi connectivity index (χ0) is 10.6. The number of rotatable bonds is 2. The van der Waals surface area contributed by atoms with E-state index in [-0.39, 0.29) is 6.03 Å². The highest BCUT2D eigenvalue weighted by Gasteiger charge is 2.20. The van der Waals surface area contributed by atoms with E-state index in [1.165, 1.54) is 0 Å². The van der Waals surface area contributed by atoms with Crippen LogP contribution in [0, 0.1) is 5.92 Å². The van der Waals surface area contributed by atoms with E-state index >= 15 is 0 Å². The first kappa shape index (κ1) is 11.3. The van der Waals surface area contributed by atoms with Crippen molar-refractivity contribution in [2.45, 2.75) is 26.3 Å². The lowest BCUT2D eigenvalue weighted by Crippen LogP contribution is -2.51. The van der Waals surface area contributed by atoms with Gasteiger partial charge in [-0.15, -0.1) is 0 Å². The molecule has 0 spiro atoms. The fourth-order valence-electron chi connectivity index (χ4n) is 1.69. The van der Waals surface area contributed by atoms with Gasteiger partial charge in [-0.2, -0.15) is 0 Å². The summed E-state index contributed by atoms with van der Waals surface area (Å²) < 4.78 is 0. The van der Waals surface area contributed by atoms with Crippen LogP contribution in [0.2, 0.25) is 0 Å². The minimum absolute atomic E-state index is 0.0356. The molecule has 1 aliphatic rings. The summed E-state index contributed by atoms with van der Waals surface area (Å²) in [5.41, 5.74) is 0. The summed E-state index contributed by atoms with van der Waals surface area (Å²) in [5.74, 6) is 0.654. The first-order chi connectivity index (χ1) is 6.63. The second kappa shape index (κ2) is 5.20. The van der Waals surface area contributed by atoms with Crippen LogP contribution in [0.5, 0.6) is 0 Å². The molecule has 14 heavy (non-hydrogen) atoms. The van der Waals surface area contributed by atoms with Crippen molar-refractivity contribution in [2.24, 2.45) is 5.92 Å². The molecule has 82 valence electrons. The fourth-order valence-corrected chi connectivity index (χ4v) is 1.69. The number of urea groups is 1. The van der Waals surface area contributed by atoms with Gasteiger partial charge in [0.05, 0.1) is 0 Å². The van der Waals surface area contributed by atoms with Crippen LogP contribution >= 0.6 is 0 Å². The Balaban J connectivity index is 2.32. The lowest BCUT2D eigenvalue weighted by atomic mass is 9.98. The highest BCUT2D eigenvalue weighted by Crippen LogP contribution is 2.09. The van der Waals surface area contributed by atoms with Crippen molar-refractivity contribution in [2.75, 3.05) is 26.7 Å². The quantitative estimate of drug-likeness (QED) is 0.685. The van der Waals surface area contributed by atoms with Crippen LogP contribution < -0.4 is 10.6 Å². The topological polar surface area (TPSA) is 44.4 Å². The Labute approximate surface area is 86.0 Å². The Morgan fingerprint density at radius 1 is 1.57 bits per heavy atom. The molecule has 0 aromatic carbocycles. The second-order valence-corrected chi connectivity index (χ2v) is 4.16. The minimum Gasteiger partial charge on any atom is -0.334 e. The standard InChI is InChI=1S/C10H21N3O/c1-4-13(3)10(14)12-9-5-8(2)6-11-7-9/h8-9,11H,4-7H2,1-3H3,(H,12,14). The Morgan fingerprint density at radius 2 is 2.29 bits per heavy atom. The van der Waals surface area contributed by atoms with E-state index in [1.807, 2.05) is 14.0 Å². The van der Waals surface area contributed by atoms with Crippen LogP contribution in [0.3, 0.4) is 0 Å². The number of hydrogen-bond acceptors (Lipinski definition) is 2. The Morgan fingerprint density at radius 3 is 2.86 bits per heavy atom. The first-order valence-electron chi connectivity index (χ1n) is 5.35. The van der Waals surface area contributed by atoms with E-state index < -0.39 is 0 Å². The Kier molecular flexibility index (Phi) is 4.20. The fraction of sp³-hybridized carbons (Fsp3) is 0.900. The maximum absolute atomic E-state index is 11.5. The zero-order valence-electron chi connectivity index (χ0n) is 9.34. The molecule has 0 radical (unpaired) electrons. The Bertz CT molecular complexity index is 196. The van der Waals surface area contributed by atoms with Crippen LogP contribution in [-0.2, 0) is 0 Å². The smallest absolute Gasteiger partial charge is 0.317 e. The lowest BCUT2D eigenvalue weighted by molar-refractivity contribution is 0.200. The maximum atomic E-state index is 11.5. The Hall–Kier alpha value is -0.770. The molecule has 2 N–H and O–H groups in total. The van der Waals surface area contributed by atoms with E-state index in [2.05, 4.69) is 17.6 Å². The van der Waals surface area contributed by atoms with E-state index in [9.17, 15) is 4.79 Å². The molecule has 2 unspecified atom stereocenters. The summed E-state index contributed by atoms with van der Waals surface area (Å²) in [7, 11) is 1.81. The maximum Gasteiger partial charge on any atom is 0.317 e. The minimum atomic E-state index is 0.0356. The molecule has 1 heterocycles. The summed E-state index contributed by atoms with van der Waals surface area (Å²) in [6.07, 6.45) is 1.08. The van der Waals surface area contributed by atoms with Gasteiger partial charge in [0, 0.05) is 26.2 Å². The van der Waals surface area contributed by atoms with Gasteiger partial charge in [-0.1, -0.05) is 6.92 Å². The molecule has 0 aromatic heterocycles. The molecule has 0 saturated carbocycles. The zero-order valence-corrected chi connectivity index (χ0v) is 9.34. The van der Waals surface area contributed by atoms with Crippen LogP contribution in [0.15, 0.2) is 0 Å². The predicted octanol–water partition coefficient (Wildman–Crippen LogP) is 0.646. The molecule has 2 atom stereocenters. The molecule has 0 aromatic rings. The summed E-state index contributed by atoms with van der Waals surface area (Å²) in [5, 5.41) is 6.34. The molecule has 4 nitrogen and oxygen atoms in total. The van der Waals surface area contributed by atoms with E-state index in [0.29, 0.717) is 12.0 Å². The normalized spacial score (nSPS) is 27.1. The van der Waals surface area contributed by atoms with Crippen molar-refractivity contribution in [3.63, 3.8) is 0 Å². The predicted molar refractivity (Wildman–Crippen MR) is 57.3 cm³/mol. The monoisotopic (exact) mass is 199 g/mol. The van der Waals surface area contributed by atoms with Crippen molar-refractivity contribution < 1.29 is 4.79 Å². The molecule has 0 bridgehead atoms. The van der Waals surface area contributed by atoms with Gasteiger partial charge in [0.1, 0.15) is 0 Å². The summed E-state index contributed by atoms with van der Waals surface area (Å²) in [6.45, 7) is 6.89. The van der Waals surface area contributed by atoms with Crippen LogP contribution in [0.1, 0.15) is 20.3 Å². The molecular formula is C10H21N3O. The first-order valence-corrected chi connectivity index (χ1v) is 5.35. The number of amides is 2. The van der Waals surface area contributed by atoms with E-state index in [0.717, 1.165) is 26.1 Å². The number of piperidine rings is 1. The molecular weight excluding hydrogens is 178 g/mol. The van der Waals surface area contributed by atoms with Gasteiger partial charge in [-0.25, -0.2) is 4.79 Å². The third kappa shape index (κ3) is 3.18. The molecule has 0 aliphatic carbocycles. The van der Waals surface area contributed by atoms with Gasteiger partial charge in [0.15, 0.2) is 0 Å².